The molecule has 1 aliphatic rings. The number of rotatable bonds is 8. The molecule has 0 saturated carbocycles. The number of para-hydroxylation sites is 1. The fraction of sp³-hybridized carbons (Fsp3) is 0.280. The molecule has 0 radical (unpaired) electrons. The fourth-order valence-corrected chi connectivity index (χ4v) is 4.40. The number of amides is 2. The molecule has 2 aromatic carbocycles. The van der Waals surface area contributed by atoms with Crippen LogP contribution in [-0.2, 0) is 0 Å². The van der Waals surface area contributed by atoms with Gasteiger partial charge in [0, 0.05) is 49.7 Å². The lowest BCUT2D eigenvalue weighted by Gasteiger charge is -2.36. The van der Waals surface area contributed by atoms with Crippen LogP contribution in [0.15, 0.2) is 72.1 Å². The minimum Gasteiger partial charge on any atom is -0.369 e. The van der Waals surface area contributed by atoms with Crippen LogP contribution in [0.25, 0.3) is 0 Å². The van der Waals surface area contributed by atoms with E-state index in [-0.39, 0.29) is 11.8 Å². The Hall–Kier alpha value is -3.16. The topological polar surface area (TPSA) is 64.7 Å². The average molecular weight is 449 g/mol. The van der Waals surface area contributed by atoms with Crippen LogP contribution < -0.4 is 15.5 Å². The van der Waals surface area contributed by atoms with E-state index in [1.54, 1.807) is 30.3 Å². The number of hydrogen-bond acceptors (Lipinski definition) is 5. The summed E-state index contributed by atoms with van der Waals surface area (Å²) in [6.07, 6.45) is 0.923. The van der Waals surface area contributed by atoms with Crippen molar-refractivity contribution in [1.82, 2.24) is 10.2 Å². The summed E-state index contributed by atoms with van der Waals surface area (Å²) >= 11 is 1.40. The number of hydrogen-bond donors (Lipinski definition) is 2. The van der Waals surface area contributed by atoms with Crippen molar-refractivity contribution in [2.45, 2.75) is 6.42 Å². The molecule has 166 valence electrons. The van der Waals surface area contributed by atoms with Crippen LogP contribution in [0.3, 0.4) is 0 Å². The van der Waals surface area contributed by atoms with Crippen LogP contribution in [0.4, 0.5) is 11.4 Å². The van der Waals surface area contributed by atoms with E-state index in [0.29, 0.717) is 22.7 Å². The summed E-state index contributed by atoms with van der Waals surface area (Å²) in [6.45, 7) is 5.78. The largest absolute Gasteiger partial charge is 0.369 e. The highest BCUT2D eigenvalue weighted by molar-refractivity contribution is 7.12. The van der Waals surface area contributed by atoms with Gasteiger partial charge in [0.15, 0.2) is 0 Å². The Kier molecular flexibility index (Phi) is 7.53. The summed E-state index contributed by atoms with van der Waals surface area (Å²) in [5.41, 5.74) is 2.56. The number of nitrogens with zero attached hydrogens (tertiary/aromatic N) is 2. The maximum atomic E-state index is 12.4. The van der Waals surface area contributed by atoms with Crippen molar-refractivity contribution in [3.63, 3.8) is 0 Å². The molecule has 1 aliphatic heterocycles. The Labute approximate surface area is 192 Å². The fourth-order valence-electron chi connectivity index (χ4n) is 3.78. The van der Waals surface area contributed by atoms with Gasteiger partial charge in [-0.2, -0.15) is 0 Å². The highest BCUT2D eigenvalue weighted by Crippen LogP contribution is 2.16. The average Bonchev–Trinajstić information content (AvgIpc) is 3.38. The molecule has 2 amide bonds. The van der Waals surface area contributed by atoms with E-state index < -0.39 is 0 Å². The molecule has 32 heavy (non-hydrogen) atoms. The van der Waals surface area contributed by atoms with Crippen molar-refractivity contribution in [1.29, 1.82) is 0 Å². The summed E-state index contributed by atoms with van der Waals surface area (Å²) in [6, 6.07) is 21.2. The van der Waals surface area contributed by atoms with Gasteiger partial charge in [-0.15, -0.1) is 11.3 Å². The van der Waals surface area contributed by atoms with Gasteiger partial charge in [-0.3, -0.25) is 14.5 Å². The molecule has 1 fully saturated rings. The van der Waals surface area contributed by atoms with Gasteiger partial charge >= 0.3 is 0 Å². The summed E-state index contributed by atoms with van der Waals surface area (Å²) in [5.74, 6) is -0.225. The SMILES string of the molecule is O=C(NCCCN1CCN(c2ccccc2)CC1)c1ccc(NC(=O)c2cccs2)cc1. The van der Waals surface area contributed by atoms with Gasteiger partial charge in [-0.1, -0.05) is 24.3 Å². The molecule has 1 saturated heterocycles. The molecule has 1 aromatic heterocycles. The highest BCUT2D eigenvalue weighted by atomic mass is 32.1. The van der Waals surface area contributed by atoms with E-state index in [0.717, 1.165) is 39.1 Å². The molecule has 7 heteroatoms. The molecule has 3 aromatic rings. The molecule has 2 heterocycles. The molecule has 6 nitrogen and oxygen atoms in total. The summed E-state index contributed by atoms with van der Waals surface area (Å²) in [4.78, 5) is 30.0. The maximum Gasteiger partial charge on any atom is 0.265 e. The molecular formula is C25H28N4O2S. The maximum absolute atomic E-state index is 12.4. The zero-order chi connectivity index (χ0) is 22.2. The van der Waals surface area contributed by atoms with Gasteiger partial charge in [0.2, 0.25) is 0 Å². The van der Waals surface area contributed by atoms with Gasteiger partial charge in [0.1, 0.15) is 0 Å². The predicted octanol–water partition coefficient (Wildman–Crippen LogP) is 3.94. The predicted molar refractivity (Wildman–Crippen MR) is 131 cm³/mol. The van der Waals surface area contributed by atoms with E-state index in [1.165, 1.54) is 17.0 Å². The van der Waals surface area contributed by atoms with E-state index in [9.17, 15) is 9.59 Å². The summed E-state index contributed by atoms with van der Waals surface area (Å²) in [7, 11) is 0. The lowest BCUT2D eigenvalue weighted by molar-refractivity contribution is 0.0951. The van der Waals surface area contributed by atoms with Crippen molar-refractivity contribution in [2.24, 2.45) is 0 Å². The Morgan fingerprint density at radius 2 is 1.59 bits per heavy atom. The van der Waals surface area contributed by atoms with E-state index in [1.807, 2.05) is 17.5 Å². The lowest BCUT2D eigenvalue weighted by atomic mass is 10.2. The molecule has 2 N–H and O–H groups in total. The Bertz CT molecular complexity index is 998. The van der Waals surface area contributed by atoms with Crippen LogP contribution in [0.5, 0.6) is 0 Å². The monoisotopic (exact) mass is 448 g/mol. The number of thiophene rings is 1. The molecule has 0 aliphatic carbocycles. The second kappa shape index (κ2) is 10.9. The molecule has 0 atom stereocenters. The number of carbonyl (C=O) groups excluding carboxylic acids is 2. The first kappa shape index (κ1) is 22.0. The van der Waals surface area contributed by atoms with Crippen LogP contribution in [0.2, 0.25) is 0 Å². The molecule has 0 bridgehead atoms. The number of piperazine rings is 1. The second-order valence-corrected chi connectivity index (χ2v) is 8.73. The van der Waals surface area contributed by atoms with E-state index >= 15 is 0 Å². The third kappa shape index (κ3) is 5.96. The lowest BCUT2D eigenvalue weighted by Crippen LogP contribution is -2.47. The quantitative estimate of drug-likeness (QED) is 0.513. The van der Waals surface area contributed by atoms with Gasteiger partial charge in [0.05, 0.1) is 4.88 Å². The van der Waals surface area contributed by atoms with Gasteiger partial charge < -0.3 is 15.5 Å². The van der Waals surface area contributed by atoms with Crippen molar-refractivity contribution < 1.29 is 9.59 Å². The zero-order valence-corrected chi connectivity index (χ0v) is 18.8. The summed E-state index contributed by atoms with van der Waals surface area (Å²) in [5, 5.41) is 7.71. The van der Waals surface area contributed by atoms with Crippen LogP contribution >= 0.6 is 11.3 Å². The Morgan fingerprint density at radius 1 is 0.844 bits per heavy atom. The van der Waals surface area contributed by atoms with Crippen molar-refractivity contribution in [2.75, 3.05) is 49.5 Å². The van der Waals surface area contributed by atoms with Crippen LogP contribution in [0, 0.1) is 0 Å². The first-order valence-corrected chi connectivity index (χ1v) is 11.8. The Balaban J connectivity index is 1.14. The number of carbonyl (C=O) groups is 2. The minimum atomic E-state index is -0.137. The van der Waals surface area contributed by atoms with Crippen molar-refractivity contribution >= 4 is 34.5 Å². The standard InChI is InChI=1S/C25H28N4O2S/c30-24(20-9-11-21(12-10-20)27-25(31)23-8-4-19-32-23)26-13-5-14-28-15-17-29(18-16-28)22-6-2-1-3-7-22/h1-4,6-12,19H,5,13-18H2,(H,26,30)(H,27,31). The summed E-state index contributed by atoms with van der Waals surface area (Å²) < 4.78 is 0. The van der Waals surface area contributed by atoms with Crippen LogP contribution in [-0.4, -0.2) is 56.0 Å². The smallest absolute Gasteiger partial charge is 0.265 e. The number of anilines is 2. The van der Waals surface area contributed by atoms with Crippen molar-refractivity contribution in [3.8, 4) is 0 Å². The number of benzene rings is 2. The second-order valence-electron chi connectivity index (χ2n) is 7.78. The highest BCUT2D eigenvalue weighted by Gasteiger charge is 2.16. The van der Waals surface area contributed by atoms with E-state index in [4.69, 9.17) is 0 Å². The first-order valence-electron chi connectivity index (χ1n) is 10.9. The van der Waals surface area contributed by atoms with Gasteiger partial charge in [-0.25, -0.2) is 0 Å². The van der Waals surface area contributed by atoms with E-state index in [2.05, 4.69) is 44.7 Å². The molecular weight excluding hydrogens is 420 g/mol. The Morgan fingerprint density at radius 3 is 2.28 bits per heavy atom. The van der Waals surface area contributed by atoms with Crippen LogP contribution in [0.1, 0.15) is 26.5 Å². The van der Waals surface area contributed by atoms with Crippen molar-refractivity contribution in [3.05, 3.63) is 82.6 Å². The molecule has 4 rings (SSSR count). The third-order valence-electron chi connectivity index (χ3n) is 5.58. The van der Waals surface area contributed by atoms with Gasteiger partial charge in [0.25, 0.3) is 11.8 Å². The van der Waals surface area contributed by atoms with Gasteiger partial charge in [-0.05, 0) is 60.8 Å². The zero-order valence-electron chi connectivity index (χ0n) is 18.0. The molecule has 0 spiro atoms. The minimum absolute atomic E-state index is 0.0879. The normalized spacial score (nSPS) is 14.2. The number of nitrogens with one attached hydrogen (secondary N) is 2. The first-order chi connectivity index (χ1) is 15.7. The molecule has 0 unspecified atom stereocenters. The third-order valence-corrected chi connectivity index (χ3v) is 6.45.